The number of nitrogens with zero attached hydrogens (tertiary/aromatic N) is 4. The van der Waals surface area contributed by atoms with Crippen LogP contribution in [0.4, 0.5) is 0 Å². The summed E-state index contributed by atoms with van der Waals surface area (Å²) in [6.07, 6.45) is 16.9. The van der Waals surface area contributed by atoms with E-state index < -0.39 is 0 Å². The van der Waals surface area contributed by atoms with Crippen LogP contribution in [0.1, 0.15) is 154 Å². The van der Waals surface area contributed by atoms with Crippen molar-refractivity contribution in [2.75, 3.05) is 65.4 Å². The van der Waals surface area contributed by atoms with E-state index in [9.17, 15) is 19.2 Å². The van der Waals surface area contributed by atoms with Gasteiger partial charge < -0.3 is 53.3 Å². The Bertz CT molecular complexity index is 3700. The molecule has 0 atom stereocenters. The summed E-state index contributed by atoms with van der Waals surface area (Å²) in [6.45, 7) is 18.7. The van der Waals surface area contributed by atoms with Crippen LogP contribution in [-0.4, -0.2) is 119 Å². The molecule has 0 fully saturated rings. The van der Waals surface area contributed by atoms with Crippen molar-refractivity contribution in [1.29, 1.82) is 0 Å². The maximum atomic E-state index is 13.7. The van der Waals surface area contributed by atoms with Gasteiger partial charge in [-0.2, -0.15) is 0 Å². The second-order valence-electron chi connectivity index (χ2n) is 24.7. The summed E-state index contributed by atoms with van der Waals surface area (Å²) in [4.78, 5) is 76.5. The Labute approximate surface area is 542 Å². The van der Waals surface area contributed by atoms with Crippen LogP contribution in [0.3, 0.4) is 0 Å². The van der Waals surface area contributed by atoms with Crippen LogP contribution in [0.25, 0.3) is 90.9 Å². The summed E-state index contributed by atoms with van der Waals surface area (Å²) in [5.41, 5.74) is 44.8. The van der Waals surface area contributed by atoms with Crippen molar-refractivity contribution in [3.63, 3.8) is 0 Å². The minimum absolute atomic E-state index is 0.113. The lowest BCUT2D eigenvalue weighted by atomic mass is 9.92. The highest BCUT2D eigenvalue weighted by Gasteiger charge is 2.23. The molecule has 2 aliphatic rings. The number of carbonyl (C=O) groups excluding carboxylic acids is 4. The molecule has 7 aromatic rings. The van der Waals surface area contributed by atoms with Gasteiger partial charge in [0.2, 0.25) is 11.8 Å². The van der Waals surface area contributed by atoms with Crippen LogP contribution < -0.4 is 33.6 Å². The van der Waals surface area contributed by atoms with Crippen molar-refractivity contribution in [2.24, 2.45) is 22.9 Å². The molecule has 16 heteroatoms. The average Bonchev–Trinajstić information content (AvgIpc) is 1.58. The Morgan fingerprint density at radius 1 is 0.380 bits per heavy atom. The number of amides is 4. The first-order valence-corrected chi connectivity index (χ1v) is 33.1. The zero-order valence-corrected chi connectivity index (χ0v) is 54.8. The van der Waals surface area contributed by atoms with Gasteiger partial charge in [0.15, 0.2) is 0 Å². The molecule has 4 aromatic carbocycles. The number of nitrogens with one attached hydrogen (secondary N) is 4. The van der Waals surface area contributed by atoms with Gasteiger partial charge in [0, 0.05) is 108 Å². The fraction of sp³-hybridized carbons (Fsp3) is 0.368. The number of hydrogen-bond donors (Lipinski definition) is 8. The van der Waals surface area contributed by atoms with Crippen molar-refractivity contribution in [3.05, 3.63) is 164 Å². The molecule has 12 N–H and O–H groups in total. The Hall–Kier alpha value is -8.80. The minimum Gasteiger partial charge on any atom is -0.354 e. The molecule has 5 heterocycles. The van der Waals surface area contributed by atoms with Gasteiger partial charge in [-0.15, -0.1) is 0 Å². The van der Waals surface area contributed by atoms with Crippen molar-refractivity contribution in [3.8, 4) is 44.5 Å². The first-order valence-electron chi connectivity index (χ1n) is 33.1. The highest BCUT2D eigenvalue weighted by atomic mass is 16.2. The molecule has 0 spiro atoms. The molecule has 482 valence electrons. The van der Waals surface area contributed by atoms with E-state index in [0.29, 0.717) is 115 Å². The van der Waals surface area contributed by atoms with E-state index in [0.717, 1.165) is 150 Å². The van der Waals surface area contributed by atoms with E-state index in [2.05, 4.69) is 135 Å². The first-order chi connectivity index (χ1) is 44.6. The molecule has 2 aliphatic heterocycles. The monoisotopic (exact) mass is 1240 g/mol. The number of rotatable bonds is 30. The molecule has 3 aromatic heterocycles. The lowest BCUT2D eigenvalue weighted by Crippen LogP contribution is -2.34. The lowest BCUT2D eigenvalue weighted by molar-refractivity contribution is -0.132. The van der Waals surface area contributed by atoms with E-state index in [-0.39, 0.29) is 23.6 Å². The van der Waals surface area contributed by atoms with Crippen molar-refractivity contribution < 1.29 is 19.2 Å². The number of nitrogens with two attached hydrogens (primary N) is 4. The molecular weight excluding hydrogens is 1140 g/mol. The normalized spacial score (nSPS) is 11.8. The first kappa shape index (κ1) is 67.6. The SMILES string of the molecule is Cc1cc(C)c(-c2c3nc(c(-c4ccc(C(=O)NCCCCC(=O)N(CCCN)CCCCN)cc4)c4ccc([nH]4)c(-c4c(C)cc(C)cc4C)c4nc(c(-c5ccc(C(=O)NCCCCC(=O)N(CCCN)CCCCN)cc5)c5ccc2[nH]5)C=C4)C=C3)c(C)c1. The van der Waals surface area contributed by atoms with Crippen LogP contribution in [0.5, 0.6) is 0 Å². The lowest BCUT2D eigenvalue weighted by Gasteiger charge is -2.22. The summed E-state index contributed by atoms with van der Waals surface area (Å²) in [5.74, 6) is -0.140. The van der Waals surface area contributed by atoms with Gasteiger partial charge in [0.25, 0.3) is 11.8 Å². The highest BCUT2D eigenvalue weighted by Crippen LogP contribution is 2.41. The second kappa shape index (κ2) is 32.5. The van der Waals surface area contributed by atoms with Gasteiger partial charge in [0.05, 0.1) is 22.8 Å². The van der Waals surface area contributed by atoms with Crippen LogP contribution in [0, 0.1) is 41.5 Å². The number of fused-ring (bicyclic) bond motifs is 8. The third-order valence-electron chi connectivity index (χ3n) is 17.4. The maximum Gasteiger partial charge on any atom is 0.251 e. The minimum atomic E-state index is -0.184. The van der Waals surface area contributed by atoms with Gasteiger partial charge in [-0.05, 0) is 249 Å². The zero-order valence-electron chi connectivity index (χ0n) is 54.8. The molecule has 9 rings (SSSR count). The summed E-state index contributed by atoms with van der Waals surface area (Å²) in [7, 11) is 0. The predicted octanol–water partition coefficient (Wildman–Crippen LogP) is 12.8. The Balaban J connectivity index is 1.10. The number of aryl methyl sites for hydroxylation is 6. The molecule has 92 heavy (non-hydrogen) atoms. The van der Waals surface area contributed by atoms with Crippen LogP contribution in [0.15, 0.2) is 97.1 Å². The summed E-state index contributed by atoms with van der Waals surface area (Å²) < 4.78 is 0. The summed E-state index contributed by atoms with van der Waals surface area (Å²) in [6, 6.07) is 32.8. The number of benzene rings is 4. The molecular formula is C76H94N12O4. The molecule has 0 saturated heterocycles. The number of hydrogen-bond acceptors (Lipinski definition) is 10. The van der Waals surface area contributed by atoms with Gasteiger partial charge in [0.1, 0.15) is 0 Å². The van der Waals surface area contributed by atoms with Crippen LogP contribution in [-0.2, 0) is 9.59 Å². The maximum absolute atomic E-state index is 13.7. The van der Waals surface area contributed by atoms with Crippen molar-refractivity contribution >= 4 is 70.0 Å². The Kier molecular flexibility index (Phi) is 23.9. The summed E-state index contributed by atoms with van der Waals surface area (Å²) in [5, 5.41) is 6.18. The predicted molar refractivity (Wildman–Crippen MR) is 378 cm³/mol. The highest BCUT2D eigenvalue weighted by molar-refractivity contribution is 6.02. The van der Waals surface area contributed by atoms with E-state index in [1.165, 1.54) is 11.1 Å². The molecule has 16 nitrogen and oxygen atoms in total. The number of aromatic amines is 2. The standard InChI is InChI=1S/C76H94N12O4/c1-49-45-51(3)69(52(4)46-49)73-63-31-27-59(83-63)71(55-19-23-57(24-20-55)75(91)81-39-11-7-17-67(89)87(43-15-37-79)41-13-9-35-77)61-29-33-65(85-61)74(70-53(5)47-50(2)48-54(70)6)66-34-30-62(86-66)72(60-28-32-64(73)84-60)56-21-25-58(26-22-56)76(92)82-40-12-8-18-68(90)88(44-16-38-80)42-14-10-36-78/h19-34,45-48,83,86H,7-18,35-44,77-80H2,1-6H3,(H,81,91)(H,82,92). The molecule has 0 aliphatic carbocycles. The summed E-state index contributed by atoms with van der Waals surface area (Å²) >= 11 is 0. The number of aromatic nitrogens is 4. The average molecular weight is 1240 g/mol. The molecule has 0 radical (unpaired) electrons. The topological polar surface area (TPSA) is 260 Å². The molecule has 4 amide bonds. The number of carbonyl (C=O) groups is 4. The third-order valence-corrected chi connectivity index (χ3v) is 17.4. The van der Waals surface area contributed by atoms with Crippen molar-refractivity contribution in [1.82, 2.24) is 40.4 Å². The second-order valence-corrected chi connectivity index (χ2v) is 24.7. The fourth-order valence-electron chi connectivity index (χ4n) is 13.0. The van der Waals surface area contributed by atoms with Gasteiger partial charge in [-0.25, -0.2) is 9.97 Å². The van der Waals surface area contributed by atoms with Crippen LogP contribution in [0.2, 0.25) is 0 Å². The van der Waals surface area contributed by atoms with Gasteiger partial charge >= 0.3 is 0 Å². The van der Waals surface area contributed by atoms with Gasteiger partial charge in [-0.3, -0.25) is 19.2 Å². The van der Waals surface area contributed by atoms with Crippen LogP contribution >= 0.6 is 0 Å². The van der Waals surface area contributed by atoms with E-state index in [1.54, 1.807) is 0 Å². The Morgan fingerprint density at radius 3 is 1.03 bits per heavy atom. The van der Waals surface area contributed by atoms with E-state index in [4.69, 9.17) is 32.9 Å². The van der Waals surface area contributed by atoms with E-state index >= 15 is 0 Å². The smallest absolute Gasteiger partial charge is 0.251 e. The zero-order chi connectivity index (χ0) is 65.3. The third kappa shape index (κ3) is 16.6. The molecule has 0 unspecified atom stereocenters. The van der Waals surface area contributed by atoms with E-state index in [1.807, 2.05) is 58.3 Å². The molecule has 0 saturated carbocycles. The largest absolute Gasteiger partial charge is 0.354 e. The quantitative estimate of drug-likeness (QED) is 0.0197. The van der Waals surface area contributed by atoms with Gasteiger partial charge in [-0.1, -0.05) is 59.7 Å². The Morgan fingerprint density at radius 2 is 0.696 bits per heavy atom. The fourth-order valence-corrected chi connectivity index (χ4v) is 13.0. The molecule has 8 bridgehead atoms. The van der Waals surface area contributed by atoms with Crippen molar-refractivity contribution in [2.45, 2.75) is 119 Å². The number of unbranched alkanes of at least 4 members (excludes halogenated alkanes) is 4. The number of H-pyrrole nitrogens is 2.